The van der Waals surface area contributed by atoms with E-state index < -0.39 is 16.6 Å². The number of aromatic nitrogens is 3. The Morgan fingerprint density at radius 1 is 1.37 bits per heavy atom. The smallest absolute Gasteiger partial charge is 0.436 e. The van der Waals surface area contributed by atoms with Crippen LogP contribution < -0.4 is 0 Å². The second-order valence-corrected chi connectivity index (χ2v) is 7.97. The Morgan fingerprint density at radius 3 is 2.63 bits per heavy atom. The number of non-ortho nitro benzene ring substituents is 1. The van der Waals surface area contributed by atoms with Crippen molar-refractivity contribution in [2.75, 3.05) is 0 Å². The maximum absolute atomic E-state index is 12.4. The van der Waals surface area contributed by atoms with E-state index in [1.165, 1.54) is 10.7 Å². The predicted molar refractivity (Wildman–Crippen MR) is 98.7 cm³/mol. The van der Waals surface area contributed by atoms with Crippen LogP contribution in [0.25, 0.3) is 0 Å². The van der Waals surface area contributed by atoms with Crippen LogP contribution in [-0.4, -0.2) is 31.6 Å². The second-order valence-electron chi connectivity index (χ2n) is 7.97. The van der Waals surface area contributed by atoms with Crippen LogP contribution in [0.3, 0.4) is 0 Å². The third-order valence-corrected chi connectivity index (χ3v) is 4.85. The van der Waals surface area contributed by atoms with E-state index in [4.69, 9.17) is 4.74 Å². The van der Waals surface area contributed by atoms with Crippen LogP contribution >= 0.6 is 0 Å². The van der Waals surface area contributed by atoms with E-state index in [1.54, 1.807) is 39.8 Å². The molecule has 1 saturated carbocycles. The summed E-state index contributed by atoms with van der Waals surface area (Å²) in [6, 6.07) is 6.63. The van der Waals surface area contributed by atoms with Crippen molar-refractivity contribution in [1.29, 1.82) is 0 Å². The maximum atomic E-state index is 12.4. The van der Waals surface area contributed by atoms with Gasteiger partial charge in [0.2, 0.25) is 0 Å². The summed E-state index contributed by atoms with van der Waals surface area (Å²) in [6.07, 6.45) is 2.58. The number of hydrogen-bond donors (Lipinski definition) is 0. The van der Waals surface area contributed by atoms with Crippen molar-refractivity contribution in [3.8, 4) is 0 Å². The fourth-order valence-corrected chi connectivity index (χ4v) is 3.36. The minimum absolute atomic E-state index is 0.0500. The van der Waals surface area contributed by atoms with Gasteiger partial charge in [-0.2, -0.15) is 0 Å². The van der Waals surface area contributed by atoms with Gasteiger partial charge in [0.1, 0.15) is 5.60 Å². The molecule has 144 valence electrons. The van der Waals surface area contributed by atoms with Gasteiger partial charge in [0.05, 0.1) is 16.3 Å². The van der Waals surface area contributed by atoms with Gasteiger partial charge in [0.25, 0.3) is 5.69 Å². The number of nitro groups is 1. The van der Waals surface area contributed by atoms with Crippen molar-refractivity contribution >= 4 is 11.8 Å². The van der Waals surface area contributed by atoms with E-state index in [0.717, 1.165) is 24.8 Å². The van der Waals surface area contributed by atoms with Gasteiger partial charge in [-0.25, -0.2) is 4.79 Å². The molecule has 8 nitrogen and oxygen atoms in total. The molecule has 1 heterocycles. The summed E-state index contributed by atoms with van der Waals surface area (Å²) in [4.78, 5) is 23.2. The topological polar surface area (TPSA) is 100 Å². The first kappa shape index (κ1) is 19.0. The van der Waals surface area contributed by atoms with Crippen LogP contribution in [0.4, 0.5) is 10.5 Å². The number of carbonyl (C=O) groups is 1. The highest BCUT2D eigenvalue weighted by molar-refractivity contribution is 5.70. The monoisotopic (exact) mass is 372 g/mol. The number of carbonyl (C=O) groups excluding carboxylic acids is 1. The lowest BCUT2D eigenvalue weighted by atomic mass is 9.71. The molecule has 0 bridgehead atoms. The molecule has 3 rings (SSSR count). The molecule has 1 atom stereocenters. The molecular weight excluding hydrogens is 348 g/mol. The third kappa shape index (κ3) is 3.99. The number of ether oxygens (including phenoxy) is 1. The zero-order valence-electron chi connectivity index (χ0n) is 16.0. The van der Waals surface area contributed by atoms with Gasteiger partial charge in [-0.3, -0.25) is 10.1 Å². The molecule has 1 fully saturated rings. The molecule has 1 unspecified atom stereocenters. The second kappa shape index (κ2) is 7.09. The largest absolute Gasteiger partial charge is 0.442 e. The Balaban J connectivity index is 1.99. The first-order valence-corrected chi connectivity index (χ1v) is 9.07. The summed E-state index contributed by atoms with van der Waals surface area (Å²) in [7, 11) is 0. The van der Waals surface area contributed by atoms with Crippen molar-refractivity contribution in [2.45, 2.75) is 58.5 Å². The van der Waals surface area contributed by atoms with Gasteiger partial charge >= 0.3 is 6.09 Å². The summed E-state index contributed by atoms with van der Waals surface area (Å²) < 4.78 is 6.56. The zero-order chi connectivity index (χ0) is 19.8. The van der Waals surface area contributed by atoms with E-state index in [1.807, 2.05) is 6.07 Å². The van der Waals surface area contributed by atoms with E-state index in [9.17, 15) is 14.9 Å². The first-order valence-electron chi connectivity index (χ1n) is 9.07. The lowest BCUT2D eigenvalue weighted by Gasteiger charge is -2.33. The fourth-order valence-electron chi connectivity index (χ4n) is 3.36. The van der Waals surface area contributed by atoms with E-state index in [-0.39, 0.29) is 11.6 Å². The summed E-state index contributed by atoms with van der Waals surface area (Å²) in [6.45, 7) is 7.15. The van der Waals surface area contributed by atoms with E-state index in [0.29, 0.717) is 17.3 Å². The van der Waals surface area contributed by atoms with Gasteiger partial charge in [0.15, 0.2) is 0 Å². The van der Waals surface area contributed by atoms with Crippen LogP contribution in [0, 0.1) is 23.0 Å². The molecule has 0 saturated heterocycles. The molecule has 0 aliphatic heterocycles. The molecule has 1 aliphatic carbocycles. The minimum Gasteiger partial charge on any atom is -0.442 e. The highest BCUT2D eigenvalue weighted by Gasteiger charge is 2.35. The number of benzene rings is 1. The molecule has 0 N–H and O–H groups in total. The molecule has 0 amide bonds. The van der Waals surface area contributed by atoms with Gasteiger partial charge in [-0.15, -0.1) is 9.78 Å². The Labute approximate surface area is 157 Å². The molecule has 27 heavy (non-hydrogen) atoms. The lowest BCUT2D eigenvalue weighted by Crippen LogP contribution is -2.28. The van der Waals surface area contributed by atoms with Crippen LogP contribution in [0.1, 0.15) is 62.9 Å². The Morgan fingerprint density at radius 2 is 2.07 bits per heavy atom. The van der Waals surface area contributed by atoms with Crippen LogP contribution in [0.15, 0.2) is 24.3 Å². The number of nitro benzene ring substituents is 1. The highest BCUT2D eigenvalue weighted by atomic mass is 16.6. The Bertz CT molecular complexity index is 865. The summed E-state index contributed by atoms with van der Waals surface area (Å²) in [5.41, 5.74) is 1.52. The van der Waals surface area contributed by atoms with Crippen molar-refractivity contribution in [2.24, 2.45) is 5.92 Å². The molecule has 1 aliphatic rings. The average Bonchev–Trinajstić information content (AvgIpc) is 2.90. The fraction of sp³-hybridized carbons (Fsp3) is 0.526. The molecule has 8 heteroatoms. The van der Waals surface area contributed by atoms with Crippen LogP contribution in [0.2, 0.25) is 0 Å². The van der Waals surface area contributed by atoms with E-state index >= 15 is 0 Å². The summed E-state index contributed by atoms with van der Waals surface area (Å²) in [5.74, 6) is 0.198. The summed E-state index contributed by atoms with van der Waals surface area (Å²) >= 11 is 0. The Hall–Kier alpha value is -2.77. The number of rotatable bonds is 4. The molecule has 2 aromatic rings. The van der Waals surface area contributed by atoms with Crippen molar-refractivity contribution in [3.63, 3.8) is 0 Å². The van der Waals surface area contributed by atoms with Crippen molar-refractivity contribution in [1.82, 2.24) is 15.0 Å². The quantitative estimate of drug-likeness (QED) is 0.589. The van der Waals surface area contributed by atoms with Gasteiger partial charge in [0, 0.05) is 18.1 Å². The maximum Gasteiger partial charge on any atom is 0.436 e. The van der Waals surface area contributed by atoms with Gasteiger partial charge in [-0.1, -0.05) is 23.8 Å². The number of hydrogen-bond acceptors (Lipinski definition) is 6. The van der Waals surface area contributed by atoms with Crippen molar-refractivity contribution in [3.05, 3.63) is 51.3 Å². The van der Waals surface area contributed by atoms with Crippen LogP contribution in [-0.2, 0) is 4.74 Å². The minimum atomic E-state index is -0.636. The molecule has 1 aromatic carbocycles. The first-order chi connectivity index (χ1) is 12.7. The van der Waals surface area contributed by atoms with Crippen molar-refractivity contribution < 1.29 is 14.5 Å². The molecule has 0 spiro atoms. The molecular formula is C19H24N4O4. The highest BCUT2D eigenvalue weighted by Crippen LogP contribution is 2.44. The number of nitrogens with zero attached hydrogens (tertiary/aromatic N) is 4. The third-order valence-electron chi connectivity index (χ3n) is 4.85. The van der Waals surface area contributed by atoms with E-state index in [2.05, 4.69) is 10.3 Å². The standard InChI is InChI=1S/C19H24N4O4/c1-12-17(20-21-22(12)18(24)27-19(2,3)4)16(13-7-5-8-13)14-9-6-10-15(11-14)23(25)26/h6,9-11,13,16H,5,7-8H2,1-4H3. The molecule has 0 radical (unpaired) electrons. The summed E-state index contributed by atoms with van der Waals surface area (Å²) in [5, 5.41) is 19.4. The Kier molecular flexibility index (Phi) is 4.99. The predicted octanol–water partition coefficient (Wildman–Crippen LogP) is 4.21. The lowest BCUT2D eigenvalue weighted by molar-refractivity contribution is -0.384. The molecule has 1 aromatic heterocycles. The van der Waals surface area contributed by atoms with Gasteiger partial charge < -0.3 is 4.74 Å². The van der Waals surface area contributed by atoms with Crippen LogP contribution in [0.5, 0.6) is 0 Å². The zero-order valence-corrected chi connectivity index (χ0v) is 16.0. The normalized spacial score (nSPS) is 15.9. The van der Waals surface area contributed by atoms with Gasteiger partial charge in [-0.05, 0) is 52.0 Å². The SMILES string of the molecule is Cc1c(C(c2cccc([N+](=O)[O-])c2)C2CCC2)nnn1C(=O)OC(C)(C)C. The average molecular weight is 372 g/mol.